The van der Waals surface area contributed by atoms with E-state index in [4.69, 9.17) is 5.73 Å². The Morgan fingerprint density at radius 3 is 2.29 bits per heavy atom. The van der Waals surface area contributed by atoms with Crippen molar-refractivity contribution in [1.29, 1.82) is 0 Å². The van der Waals surface area contributed by atoms with E-state index in [1.807, 2.05) is 0 Å². The van der Waals surface area contributed by atoms with Crippen LogP contribution in [0.1, 0.15) is 53.4 Å². The van der Waals surface area contributed by atoms with Gasteiger partial charge in [0.25, 0.3) is 0 Å². The van der Waals surface area contributed by atoms with Crippen molar-refractivity contribution in [3.05, 3.63) is 0 Å². The summed E-state index contributed by atoms with van der Waals surface area (Å²) in [6, 6.07) is 0. The zero-order chi connectivity index (χ0) is 13.3. The molecule has 0 aromatic carbocycles. The molecule has 17 heavy (non-hydrogen) atoms. The van der Waals surface area contributed by atoms with Crippen LogP contribution in [-0.2, 0) is 4.79 Å². The Morgan fingerprint density at radius 2 is 1.82 bits per heavy atom. The van der Waals surface area contributed by atoms with Crippen LogP contribution >= 0.6 is 0 Å². The molecule has 0 spiro atoms. The van der Waals surface area contributed by atoms with Crippen LogP contribution in [0.3, 0.4) is 0 Å². The summed E-state index contributed by atoms with van der Waals surface area (Å²) in [5.74, 6) is 1.81. The molecule has 3 heteroatoms. The fraction of sp³-hybridized carbons (Fsp3) is 0.929. The fourth-order valence-corrected chi connectivity index (χ4v) is 2.00. The van der Waals surface area contributed by atoms with Gasteiger partial charge in [-0.05, 0) is 43.6 Å². The maximum Gasteiger partial charge on any atom is 0.220 e. The molecule has 0 rings (SSSR count). The monoisotopic (exact) mass is 242 g/mol. The van der Waals surface area contributed by atoms with Gasteiger partial charge in [-0.2, -0.15) is 0 Å². The van der Waals surface area contributed by atoms with Crippen molar-refractivity contribution in [3.8, 4) is 0 Å². The Labute approximate surface area is 107 Å². The van der Waals surface area contributed by atoms with Gasteiger partial charge in [0.05, 0.1) is 0 Å². The van der Waals surface area contributed by atoms with Crippen LogP contribution < -0.4 is 11.1 Å². The molecule has 0 saturated carbocycles. The van der Waals surface area contributed by atoms with E-state index in [0.717, 1.165) is 19.4 Å². The topological polar surface area (TPSA) is 55.1 Å². The maximum absolute atomic E-state index is 11.7. The highest BCUT2D eigenvalue weighted by molar-refractivity contribution is 5.76. The summed E-state index contributed by atoms with van der Waals surface area (Å²) < 4.78 is 0. The molecule has 0 unspecified atom stereocenters. The summed E-state index contributed by atoms with van der Waals surface area (Å²) in [6.07, 6.45) is 3.86. The number of hydrogen-bond acceptors (Lipinski definition) is 2. The van der Waals surface area contributed by atoms with Gasteiger partial charge in [0.2, 0.25) is 5.91 Å². The summed E-state index contributed by atoms with van der Waals surface area (Å²) in [7, 11) is 0. The normalized spacial score (nSPS) is 13.1. The highest BCUT2D eigenvalue weighted by Crippen LogP contribution is 2.14. The van der Waals surface area contributed by atoms with Crippen molar-refractivity contribution >= 4 is 5.91 Å². The summed E-state index contributed by atoms with van der Waals surface area (Å²) in [6.45, 7) is 10.2. The Balaban J connectivity index is 3.68. The molecular weight excluding hydrogens is 212 g/mol. The summed E-state index contributed by atoms with van der Waals surface area (Å²) in [5.41, 5.74) is 5.68. The van der Waals surface area contributed by atoms with Crippen molar-refractivity contribution in [2.24, 2.45) is 23.5 Å². The second-order valence-electron chi connectivity index (χ2n) is 5.82. The van der Waals surface area contributed by atoms with E-state index in [-0.39, 0.29) is 5.91 Å². The molecule has 0 aromatic rings. The lowest BCUT2D eigenvalue weighted by atomic mass is 9.94. The van der Waals surface area contributed by atoms with Gasteiger partial charge >= 0.3 is 0 Å². The summed E-state index contributed by atoms with van der Waals surface area (Å²) in [5, 5.41) is 2.98. The van der Waals surface area contributed by atoms with Gasteiger partial charge in [-0.1, -0.05) is 27.7 Å². The van der Waals surface area contributed by atoms with Crippen molar-refractivity contribution in [1.82, 2.24) is 5.32 Å². The average Bonchev–Trinajstić information content (AvgIpc) is 2.22. The van der Waals surface area contributed by atoms with E-state index in [9.17, 15) is 4.79 Å². The molecule has 0 heterocycles. The highest BCUT2D eigenvalue weighted by atomic mass is 16.1. The van der Waals surface area contributed by atoms with Gasteiger partial charge in [0, 0.05) is 13.0 Å². The summed E-state index contributed by atoms with van der Waals surface area (Å²) >= 11 is 0. The van der Waals surface area contributed by atoms with Crippen LogP contribution in [0.2, 0.25) is 0 Å². The standard InChI is InChI=1S/C14H30N2O/c1-11(2)6-5-7-16-14(17)9-13(10-15)8-12(3)4/h11-13H,5-10,15H2,1-4H3,(H,16,17)/t13-/m0/s1. The number of hydrogen-bond donors (Lipinski definition) is 2. The predicted molar refractivity (Wildman–Crippen MR) is 73.7 cm³/mol. The first-order valence-corrected chi connectivity index (χ1v) is 6.92. The van der Waals surface area contributed by atoms with E-state index < -0.39 is 0 Å². The Bertz CT molecular complexity index is 202. The third-order valence-corrected chi connectivity index (χ3v) is 2.89. The second-order valence-corrected chi connectivity index (χ2v) is 5.82. The van der Waals surface area contributed by atoms with E-state index >= 15 is 0 Å². The van der Waals surface area contributed by atoms with Gasteiger partial charge < -0.3 is 11.1 Å². The molecule has 1 amide bonds. The van der Waals surface area contributed by atoms with E-state index in [1.165, 1.54) is 6.42 Å². The average molecular weight is 242 g/mol. The molecule has 0 radical (unpaired) electrons. The SMILES string of the molecule is CC(C)CCCNC(=O)C[C@@H](CN)CC(C)C. The first kappa shape index (κ1) is 16.4. The highest BCUT2D eigenvalue weighted by Gasteiger charge is 2.13. The van der Waals surface area contributed by atoms with E-state index in [0.29, 0.717) is 30.7 Å². The van der Waals surface area contributed by atoms with Crippen molar-refractivity contribution < 1.29 is 4.79 Å². The molecular formula is C14H30N2O. The van der Waals surface area contributed by atoms with Crippen LogP contribution in [0.25, 0.3) is 0 Å². The van der Waals surface area contributed by atoms with Crippen molar-refractivity contribution in [2.45, 2.75) is 53.4 Å². The lowest BCUT2D eigenvalue weighted by Crippen LogP contribution is -2.29. The van der Waals surface area contributed by atoms with E-state index in [1.54, 1.807) is 0 Å². The number of rotatable bonds is 9. The number of nitrogens with two attached hydrogens (primary N) is 1. The molecule has 0 aliphatic heterocycles. The zero-order valence-corrected chi connectivity index (χ0v) is 12.0. The van der Waals surface area contributed by atoms with E-state index in [2.05, 4.69) is 33.0 Å². The lowest BCUT2D eigenvalue weighted by molar-refractivity contribution is -0.122. The molecule has 3 nitrogen and oxygen atoms in total. The smallest absolute Gasteiger partial charge is 0.220 e. The second kappa shape index (κ2) is 9.46. The molecule has 1 atom stereocenters. The Hall–Kier alpha value is -0.570. The predicted octanol–water partition coefficient (Wildman–Crippen LogP) is 2.55. The quantitative estimate of drug-likeness (QED) is 0.611. The minimum atomic E-state index is 0.157. The fourth-order valence-electron chi connectivity index (χ4n) is 2.00. The molecule has 0 aliphatic rings. The van der Waals surface area contributed by atoms with Gasteiger partial charge in [0.15, 0.2) is 0 Å². The molecule has 0 aromatic heterocycles. The molecule has 102 valence electrons. The molecule has 0 saturated heterocycles. The number of amides is 1. The van der Waals surface area contributed by atoms with Crippen molar-refractivity contribution in [2.75, 3.05) is 13.1 Å². The Morgan fingerprint density at radius 1 is 1.18 bits per heavy atom. The van der Waals surface area contributed by atoms with Crippen molar-refractivity contribution in [3.63, 3.8) is 0 Å². The van der Waals surface area contributed by atoms with Crippen LogP contribution in [0.15, 0.2) is 0 Å². The first-order chi connectivity index (χ1) is 7.95. The first-order valence-electron chi connectivity index (χ1n) is 6.92. The van der Waals surface area contributed by atoms with Crippen LogP contribution in [0, 0.1) is 17.8 Å². The molecule has 0 aliphatic carbocycles. The van der Waals surface area contributed by atoms with Crippen LogP contribution in [-0.4, -0.2) is 19.0 Å². The van der Waals surface area contributed by atoms with Crippen LogP contribution in [0.5, 0.6) is 0 Å². The Kier molecular flexibility index (Phi) is 9.14. The van der Waals surface area contributed by atoms with Gasteiger partial charge in [-0.3, -0.25) is 4.79 Å². The zero-order valence-electron chi connectivity index (χ0n) is 12.0. The molecule has 0 bridgehead atoms. The van der Waals surface area contributed by atoms with Gasteiger partial charge in [-0.15, -0.1) is 0 Å². The lowest BCUT2D eigenvalue weighted by Gasteiger charge is -2.16. The summed E-state index contributed by atoms with van der Waals surface area (Å²) in [4.78, 5) is 11.7. The van der Waals surface area contributed by atoms with Gasteiger partial charge in [0.1, 0.15) is 0 Å². The maximum atomic E-state index is 11.7. The van der Waals surface area contributed by atoms with Crippen LogP contribution in [0.4, 0.5) is 0 Å². The third kappa shape index (κ3) is 10.3. The minimum absolute atomic E-state index is 0.157. The third-order valence-electron chi connectivity index (χ3n) is 2.89. The number of carbonyl (C=O) groups excluding carboxylic acids is 1. The largest absolute Gasteiger partial charge is 0.356 e. The molecule has 0 fully saturated rings. The minimum Gasteiger partial charge on any atom is -0.356 e. The van der Waals surface area contributed by atoms with Gasteiger partial charge in [-0.25, -0.2) is 0 Å². The number of nitrogens with one attached hydrogen (secondary N) is 1. The molecule has 3 N–H and O–H groups in total. The number of carbonyl (C=O) groups is 1.